The molecule has 0 aromatic heterocycles. The second-order valence-corrected chi connectivity index (χ2v) is 17.1. The molecule has 0 bridgehead atoms. The Kier molecular flexibility index (Phi) is 21.9. The van der Waals surface area contributed by atoms with E-state index >= 15 is 0 Å². The maximum atomic E-state index is 13.6. The molecular formula is C33H47Cl6NO11. The van der Waals surface area contributed by atoms with Gasteiger partial charge in [0.2, 0.25) is 13.5 Å². The predicted molar refractivity (Wildman–Crippen MR) is 194 cm³/mol. The maximum Gasteiger partial charge on any atom is 0.508 e. The second-order valence-electron chi connectivity index (χ2n) is 12.1. The Morgan fingerprint density at radius 2 is 1.43 bits per heavy atom. The van der Waals surface area contributed by atoms with Crippen molar-refractivity contribution in [3.63, 3.8) is 0 Å². The van der Waals surface area contributed by atoms with Crippen molar-refractivity contribution in [3.05, 3.63) is 35.9 Å². The van der Waals surface area contributed by atoms with E-state index in [-0.39, 0.29) is 13.0 Å². The van der Waals surface area contributed by atoms with E-state index in [0.29, 0.717) is 12.8 Å². The van der Waals surface area contributed by atoms with Crippen LogP contribution in [0.1, 0.15) is 83.1 Å². The van der Waals surface area contributed by atoms with Crippen LogP contribution in [0.15, 0.2) is 30.3 Å². The Bertz CT molecular complexity index is 1160. The standard InChI is InChI=1S/C33H47Cl6NO11/c1-2-3-4-5-6-7-8-9-13-16-23(49-30(44)47-20-32(34,35)36)17-25(42)40-26-28(51-31(45)48-21-33(37,38)39)27(43)24(18-41)50-29(26)46-19-22-14-11-10-12-15-22/h10-12,14-15,23-24,26-29,41,43H,2-9,13,16-21H2,1H3,(H,40,42)/t23-,24-,26-,27-,28-,29-/m1/s1. The van der Waals surface area contributed by atoms with Crippen molar-refractivity contribution >= 4 is 87.8 Å². The summed E-state index contributed by atoms with van der Waals surface area (Å²) in [4.78, 5) is 38.7. The van der Waals surface area contributed by atoms with Gasteiger partial charge in [0.15, 0.2) is 12.4 Å². The number of halogens is 6. The first-order valence-corrected chi connectivity index (χ1v) is 19.1. The van der Waals surface area contributed by atoms with Gasteiger partial charge in [-0.25, -0.2) is 9.59 Å². The van der Waals surface area contributed by atoms with E-state index in [2.05, 4.69) is 12.2 Å². The lowest BCUT2D eigenvalue weighted by Gasteiger charge is -2.43. The fourth-order valence-corrected chi connectivity index (χ4v) is 5.52. The van der Waals surface area contributed by atoms with Gasteiger partial charge in [-0.2, -0.15) is 0 Å². The van der Waals surface area contributed by atoms with Crippen molar-refractivity contribution in [1.82, 2.24) is 5.32 Å². The molecule has 1 amide bonds. The summed E-state index contributed by atoms with van der Waals surface area (Å²) in [7, 11) is 0. The van der Waals surface area contributed by atoms with Crippen LogP contribution < -0.4 is 5.32 Å². The fourth-order valence-electron chi connectivity index (χ4n) is 5.19. The number of alkyl halides is 6. The highest BCUT2D eigenvalue weighted by Crippen LogP contribution is 2.29. The fraction of sp³-hybridized carbons (Fsp3) is 0.727. The van der Waals surface area contributed by atoms with Crippen molar-refractivity contribution in [3.8, 4) is 0 Å². The number of benzene rings is 1. The Balaban J connectivity index is 2.20. The van der Waals surface area contributed by atoms with E-state index in [1.54, 1.807) is 24.3 Å². The lowest BCUT2D eigenvalue weighted by atomic mass is 9.96. The van der Waals surface area contributed by atoms with Gasteiger partial charge in [0.1, 0.15) is 37.6 Å². The maximum absolute atomic E-state index is 13.6. The van der Waals surface area contributed by atoms with Crippen molar-refractivity contribution in [2.45, 2.75) is 128 Å². The van der Waals surface area contributed by atoms with Gasteiger partial charge in [-0.15, -0.1) is 0 Å². The lowest BCUT2D eigenvalue weighted by Crippen LogP contribution is -2.66. The molecule has 2 rings (SSSR count). The molecule has 0 saturated carbocycles. The second kappa shape index (κ2) is 24.3. The van der Waals surface area contributed by atoms with Gasteiger partial charge in [0, 0.05) is 0 Å². The zero-order valence-corrected chi connectivity index (χ0v) is 32.8. The summed E-state index contributed by atoms with van der Waals surface area (Å²) in [6.45, 7) is 0.195. The Hall–Kier alpha value is -1.19. The van der Waals surface area contributed by atoms with Gasteiger partial charge in [0.25, 0.3) is 0 Å². The van der Waals surface area contributed by atoms with Gasteiger partial charge in [-0.05, 0) is 18.4 Å². The topological polar surface area (TPSA) is 159 Å². The average molecular weight is 846 g/mol. The first kappa shape index (κ1) is 46.0. The summed E-state index contributed by atoms with van der Waals surface area (Å²) >= 11 is 34.1. The molecule has 1 aromatic rings. The molecule has 0 unspecified atom stereocenters. The number of ether oxygens (including phenoxy) is 6. The highest BCUT2D eigenvalue weighted by Gasteiger charge is 2.49. The number of hydrogen-bond acceptors (Lipinski definition) is 11. The molecule has 0 aliphatic carbocycles. The molecule has 12 nitrogen and oxygen atoms in total. The van der Waals surface area contributed by atoms with Crippen LogP contribution in [0.4, 0.5) is 9.59 Å². The molecule has 0 radical (unpaired) electrons. The first-order chi connectivity index (χ1) is 24.1. The smallest absolute Gasteiger partial charge is 0.430 e. The van der Waals surface area contributed by atoms with Gasteiger partial charge in [-0.3, -0.25) is 4.79 Å². The minimum atomic E-state index is -1.96. The van der Waals surface area contributed by atoms with Crippen LogP contribution in [-0.2, 0) is 39.8 Å². The number of aliphatic hydroxyl groups excluding tert-OH is 2. The van der Waals surface area contributed by atoms with E-state index in [1.165, 1.54) is 25.7 Å². The van der Waals surface area contributed by atoms with Crippen molar-refractivity contribution in [1.29, 1.82) is 0 Å². The van der Waals surface area contributed by atoms with Gasteiger partial charge in [-0.1, -0.05) is 158 Å². The van der Waals surface area contributed by atoms with E-state index in [4.69, 9.17) is 98.0 Å². The molecular weight excluding hydrogens is 799 g/mol. The number of carbonyl (C=O) groups is 3. The normalized spacial score (nSPS) is 21.4. The third-order valence-corrected chi connectivity index (χ3v) is 8.34. The van der Waals surface area contributed by atoms with Crippen LogP contribution in [0.25, 0.3) is 0 Å². The molecule has 18 heteroatoms. The van der Waals surface area contributed by atoms with Crippen LogP contribution in [0.5, 0.6) is 0 Å². The third kappa shape index (κ3) is 20.2. The highest BCUT2D eigenvalue weighted by molar-refractivity contribution is 6.68. The summed E-state index contributed by atoms with van der Waals surface area (Å²) in [5.41, 5.74) is 0.736. The number of rotatable bonds is 21. The Labute approximate surface area is 328 Å². The summed E-state index contributed by atoms with van der Waals surface area (Å²) < 4.78 is 28.5. The lowest BCUT2D eigenvalue weighted by molar-refractivity contribution is -0.274. The van der Waals surface area contributed by atoms with Crippen molar-refractivity contribution < 1.29 is 53.0 Å². The van der Waals surface area contributed by atoms with Gasteiger partial charge < -0.3 is 44.0 Å². The molecule has 1 saturated heterocycles. The van der Waals surface area contributed by atoms with Crippen LogP contribution in [0, 0.1) is 0 Å². The van der Waals surface area contributed by atoms with E-state index in [1.807, 2.05) is 6.07 Å². The molecule has 6 atom stereocenters. The van der Waals surface area contributed by atoms with E-state index in [9.17, 15) is 24.6 Å². The number of aliphatic hydroxyl groups is 2. The van der Waals surface area contributed by atoms with E-state index < -0.39 is 82.4 Å². The zero-order chi connectivity index (χ0) is 37.9. The molecule has 1 fully saturated rings. The summed E-state index contributed by atoms with van der Waals surface area (Å²) in [5, 5.41) is 23.6. The SMILES string of the molecule is CCCCCCCCCCC[C@H](CC(=O)N[C@H]1[C@H](OCc2ccccc2)O[C@H](CO)[C@@H](O)[C@@H]1OC(=O)OCC(Cl)(Cl)Cl)OC(=O)OCC(Cl)(Cl)Cl. The summed E-state index contributed by atoms with van der Waals surface area (Å²) in [5.74, 6) is -0.690. The number of nitrogens with one attached hydrogen (secondary N) is 1. The molecule has 1 aromatic carbocycles. The summed E-state index contributed by atoms with van der Waals surface area (Å²) in [6, 6.07) is 7.61. The molecule has 3 N–H and O–H groups in total. The Morgan fingerprint density at radius 1 is 0.863 bits per heavy atom. The van der Waals surface area contributed by atoms with Crippen LogP contribution in [-0.4, -0.2) is 92.6 Å². The monoisotopic (exact) mass is 843 g/mol. The molecule has 1 aliphatic heterocycles. The third-order valence-electron chi connectivity index (χ3n) is 7.68. The molecule has 51 heavy (non-hydrogen) atoms. The number of hydrogen-bond donors (Lipinski definition) is 3. The molecule has 1 aliphatic rings. The number of carbonyl (C=O) groups excluding carboxylic acids is 3. The quantitative estimate of drug-likeness (QED) is 0.0628. The minimum Gasteiger partial charge on any atom is -0.430 e. The van der Waals surface area contributed by atoms with E-state index in [0.717, 1.165) is 31.2 Å². The minimum absolute atomic E-state index is 0.0179. The highest BCUT2D eigenvalue weighted by atomic mass is 35.6. The van der Waals surface area contributed by atoms with Crippen LogP contribution >= 0.6 is 69.6 Å². The predicted octanol–water partition coefficient (Wildman–Crippen LogP) is 7.86. The van der Waals surface area contributed by atoms with Crippen LogP contribution in [0.3, 0.4) is 0 Å². The van der Waals surface area contributed by atoms with Gasteiger partial charge >= 0.3 is 12.3 Å². The molecule has 292 valence electrons. The van der Waals surface area contributed by atoms with Gasteiger partial charge in [0.05, 0.1) is 19.6 Å². The van der Waals surface area contributed by atoms with Crippen LogP contribution in [0.2, 0.25) is 0 Å². The first-order valence-electron chi connectivity index (χ1n) is 16.8. The number of unbranched alkanes of at least 4 members (excludes halogenated alkanes) is 8. The van der Waals surface area contributed by atoms with Crippen molar-refractivity contribution in [2.24, 2.45) is 0 Å². The average Bonchev–Trinajstić information content (AvgIpc) is 3.06. The zero-order valence-electron chi connectivity index (χ0n) is 28.3. The molecule has 1 heterocycles. The molecule has 0 spiro atoms. The largest absolute Gasteiger partial charge is 0.508 e. The summed E-state index contributed by atoms with van der Waals surface area (Å²) in [6.07, 6.45) is 0.0386. The van der Waals surface area contributed by atoms with Crippen molar-refractivity contribution in [2.75, 3.05) is 19.8 Å². The number of amides is 1. The Morgan fingerprint density at radius 3 is 2.00 bits per heavy atom.